The third kappa shape index (κ3) is 11.2. The van der Waals surface area contributed by atoms with Crippen LogP contribution in [-0.2, 0) is 56.8 Å². The summed E-state index contributed by atoms with van der Waals surface area (Å²) in [5.41, 5.74) is -0.159. The van der Waals surface area contributed by atoms with Crippen LogP contribution >= 0.6 is 0 Å². The fourth-order valence-corrected chi connectivity index (χ4v) is 17.6. The molecule has 84 heavy (non-hydrogen) atoms. The summed E-state index contributed by atoms with van der Waals surface area (Å²) in [6.07, 6.45) is -33.9. The van der Waals surface area contributed by atoms with Gasteiger partial charge in [0.2, 0.25) is 0 Å². The Morgan fingerprint density at radius 1 is 0.452 bits per heavy atom. The van der Waals surface area contributed by atoms with Crippen LogP contribution in [0, 0.1) is 58.2 Å². The van der Waals surface area contributed by atoms with Crippen LogP contribution in [0.4, 0.5) is 0 Å². The minimum Gasteiger partial charge on any atom is -0.394 e. The normalized spacial score (nSPS) is 57.7. The first-order valence-corrected chi connectivity index (χ1v) is 30.7. The molecule has 4 aliphatic carbocycles. The predicted octanol–water partition coefficient (Wildman–Crippen LogP) is -4.20. The first-order valence-electron chi connectivity index (χ1n) is 30.7. The SMILES string of the molecule is CC1CC[C@@]2(OC1)O[C@H]1CC3C4C[C@@H](O)C5C[C@@H](O[C@@H]6O[C@H](CO)[C@H](O[C@@H]7O[C@H](CO)[C@@H](O)[C@H](O[C@@H]8OC[C@@H](O[C@@H]9O[C@H](CO)[C@@H](C)[C@H](O)[C@H]9O)[C@H](O)[C@H]8O)[C@H]7O[C@@H]7O[C@H](CO)[C@@H](O)[C@H](O)[C@H]7O)[C@H](O)[C@H]6O)CC[C@]5(C)C4CC[C@]3(C)[C@H]1[C@@H]2C. The Morgan fingerprint density at radius 2 is 1.04 bits per heavy atom. The van der Waals surface area contributed by atoms with Crippen molar-refractivity contribution in [3.63, 3.8) is 0 Å². The lowest BCUT2D eigenvalue weighted by Gasteiger charge is -2.62. The summed E-state index contributed by atoms with van der Waals surface area (Å²) in [7, 11) is 0. The maximum absolute atomic E-state index is 12.2. The lowest BCUT2D eigenvalue weighted by Crippen LogP contribution is -2.68. The van der Waals surface area contributed by atoms with Gasteiger partial charge in [-0.15, -0.1) is 0 Å². The Hall–Kier alpha value is -1.08. The second kappa shape index (κ2) is 25.2. The van der Waals surface area contributed by atoms with Gasteiger partial charge in [-0.1, -0.05) is 34.6 Å². The van der Waals surface area contributed by atoms with Crippen LogP contribution < -0.4 is 0 Å². The van der Waals surface area contributed by atoms with Crippen LogP contribution in [0.1, 0.15) is 92.4 Å². The van der Waals surface area contributed by atoms with Crippen LogP contribution in [0.2, 0.25) is 0 Å². The van der Waals surface area contributed by atoms with Gasteiger partial charge in [0, 0.05) is 18.3 Å². The Bertz CT molecular complexity index is 2180. The third-order valence-electron chi connectivity index (χ3n) is 22.6. The van der Waals surface area contributed by atoms with Gasteiger partial charge >= 0.3 is 0 Å². The van der Waals surface area contributed by atoms with Gasteiger partial charge in [-0.2, -0.15) is 0 Å². The van der Waals surface area contributed by atoms with Crippen LogP contribution in [0.5, 0.6) is 0 Å². The molecule has 0 aromatic carbocycles. The quantitative estimate of drug-likeness (QED) is 0.0733. The van der Waals surface area contributed by atoms with Crippen LogP contribution in [-0.4, -0.2) is 282 Å². The van der Waals surface area contributed by atoms with E-state index in [2.05, 4.69) is 27.7 Å². The number of aliphatic hydroxyl groups excluding tert-OH is 15. The van der Waals surface area contributed by atoms with Crippen molar-refractivity contribution in [1.29, 1.82) is 0 Å². The van der Waals surface area contributed by atoms with Crippen molar-refractivity contribution in [2.45, 2.75) is 258 Å². The molecule has 1 spiro atoms. The van der Waals surface area contributed by atoms with E-state index < -0.39 is 198 Å². The second-order valence-electron chi connectivity index (χ2n) is 27.2. The summed E-state index contributed by atoms with van der Waals surface area (Å²) in [4.78, 5) is 0. The summed E-state index contributed by atoms with van der Waals surface area (Å²) in [6.45, 7) is 7.75. The smallest absolute Gasteiger partial charge is 0.187 e. The highest BCUT2D eigenvalue weighted by molar-refractivity contribution is 5.16. The van der Waals surface area contributed by atoms with E-state index in [1.165, 1.54) is 6.92 Å². The first kappa shape index (κ1) is 64.4. The zero-order chi connectivity index (χ0) is 60.2. The molecule has 5 unspecified atom stereocenters. The van der Waals surface area contributed by atoms with E-state index in [9.17, 15) is 76.6 Å². The minimum absolute atomic E-state index is 0.0554. The van der Waals surface area contributed by atoms with Gasteiger partial charge in [0.1, 0.15) is 97.7 Å². The fraction of sp³-hybridized carbons (Fsp3) is 1.00. The van der Waals surface area contributed by atoms with E-state index in [-0.39, 0.29) is 28.8 Å². The fourth-order valence-electron chi connectivity index (χ4n) is 17.6. The number of hydrogen-bond acceptors (Lipinski definition) is 27. The Morgan fingerprint density at radius 3 is 1.73 bits per heavy atom. The molecule has 27 nitrogen and oxygen atoms in total. The molecular formula is C57H94O27. The van der Waals surface area contributed by atoms with Crippen molar-refractivity contribution < 1.29 is 133 Å². The van der Waals surface area contributed by atoms with E-state index >= 15 is 0 Å². The van der Waals surface area contributed by atoms with Crippen molar-refractivity contribution in [1.82, 2.24) is 0 Å². The van der Waals surface area contributed by atoms with Crippen molar-refractivity contribution in [3.05, 3.63) is 0 Å². The first-order chi connectivity index (χ1) is 39.9. The number of hydrogen-bond donors (Lipinski definition) is 15. The lowest BCUT2D eigenvalue weighted by atomic mass is 9.43. The topological polar surface area (TPSA) is 414 Å². The number of rotatable bonds is 14. The van der Waals surface area contributed by atoms with Crippen LogP contribution in [0.25, 0.3) is 0 Å². The standard InChI is InChI=1S/C57H94O27/c1-21-6-11-57(74-19-21)23(3)36-30(84-57)14-27-25-13-29(62)28-12-24(7-9-55(28,4)26(25)8-10-56(27,36)5)75-51-46(72)42(68)47(34(18-61)79-51)81-54-49(83-53-45(71)41(67)38(64)32(16-59)77-53)48(40(66)33(17-60)78-54)82-50-44(70)39(65)35(20-73-50)80-52-43(69)37(63)22(2)31(15-58)76-52/h21-54,58-72H,6-20H2,1-5H3/t21?,22-,23+,24+,25?,26?,27?,28?,29-,30+,31-,32-,33-,34-,35-,36+,37+,38-,39+,40-,41+,42-,43-,44-,45-,46-,47+,48+,49-,50+,51-,52+,53+,54+,55-,56+,57-/m1/s1. The van der Waals surface area contributed by atoms with E-state index in [1.807, 2.05) is 0 Å². The van der Waals surface area contributed by atoms with Crippen LogP contribution in [0.3, 0.4) is 0 Å². The summed E-state index contributed by atoms with van der Waals surface area (Å²) in [6, 6.07) is 0. The van der Waals surface area contributed by atoms with Crippen molar-refractivity contribution in [3.8, 4) is 0 Å². The molecule has 15 N–H and O–H groups in total. The van der Waals surface area contributed by atoms with Crippen molar-refractivity contribution in [2.24, 2.45) is 58.2 Å². The van der Waals surface area contributed by atoms with Gasteiger partial charge in [-0.05, 0) is 97.7 Å². The molecule has 0 aromatic rings. The molecule has 0 bridgehead atoms. The van der Waals surface area contributed by atoms with Gasteiger partial charge in [-0.3, -0.25) is 0 Å². The summed E-state index contributed by atoms with van der Waals surface area (Å²) < 4.78 is 73.5. The highest BCUT2D eigenvalue weighted by Crippen LogP contribution is 2.71. The lowest BCUT2D eigenvalue weighted by molar-refractivity contribution is -0.406. The summed E-state index contributed by atoms with van der Waals surface area (Å²) >= 11 is 0. The largest absolute Gasteiger partial charge is 0.394 e. The Balaban J connectivity index is 0.769. The van der Waals surface area contributed by atoms with E-state index in [1.54, 1.807) is 0 Å². The maximum atomic E-state index is 12.2. The van der Waals surface area contributed by atoms with Gasteiger partial charge in [0.15, 0.2) is 37.2 Å². The molecule has 27 heteroatoms. The molecule has 4 saturated carbocycles. The monoisotopic (exact) mass is 1210 g/mol. The molecule has 11 aliphatic rings. The maximum Gasteiger partial charge on any atom is 0.187 e. The highest BCUT2D eigenvalue weighted by atomic mass is 16.8. The molecule has 11 fully saturated rings. The summed E-state index contributed by atoms with van der Waals surface area (Å²) in [5.74, 6) is 0.850. The second-order valence-corrected chi connectivity index (χ2v) is 27.2. The average molecular weight is 1210 g/mol. The van der Waals surface area contributed by atoms with Gasteiger partial charge < -0.3 is 133 Å². The molecule has 7 heterocycles. The summed E-state index contributed by atoms with van der Waals surface area (Å²) in [5, 5.41) is 166. The highest BCUT2D eigenvalue weighted by Gasteiger charge is 2.70. The molecule has 7 saturated heterocycles. The van der Waals surface area contributed by atoms with Gasteiger partial charge in [-0.25, -0.2) is 0 Å². The molecule has 11 rings (SSSR count). The van der Waals surface area contributed by atoms with Gasteiger partial charge in [0.05, 0.1) is 70.2 Å². The molecule has 484 valence electrons. The van der Waals surface area contributed by atoms with Gasteiger partial charge in [0.25, 0.3) is 0 Å². The Kier molecular flexibility index (Phi) is 19.3. The molecule has 0 aromatic heterocycles. The van der Waals surface area contributed by atoms with Crippen LogP contribution in [0.15, 0.2) is 0 Å². The molecular weight excluding hydrogens is 1120 g/mol. The number of aliphatic hydroxyl groups is 15. The predicted molar refractivity (Wildman–Crippen MR) is 279 cm³/mol. The molecule has 0 radical (unpaired) electrons. The van der Waals surface area contributed by atoms with E-state index in [0.29, 0.717) is 55.5 Å². The average Bonchev–Trinajstić information content (AvgIpc) is 1.67. The van der Waals surface area contributed by atoms with Crippen molar-refractivity contribution >= 4 is 0 Å². The third-order valence-corrected chi connectivity index (χ3v) is 22.6. The Labute approximate surface area is 487 Å². The van der Waals surface area contributed by atoms with Crippen molar-refractivity contribution in [2.75, 3.05) is 39.6 Å². The zero-order valence-electron chi connectivity index (χ0n) is 48.3. The molecule has 0 amide bonds. The van der Waals surface area contributed by atoms with E-state index in [4.69, 9.17) is 56.8 Å². The molecule has 37 atom stereocenters. The molecule has 7 aliphatic heterocycles. The zero-order valence-corrected chi connectivity index (χ0v) is 48.3. The van der Waals surface area contributed by atoms with E-state index in [0.717, 1.165) is 38.5 Å². The number of fused-ring (bicyclic) bond motifs is 7. The minimum atomic E-state index is -2.07. The number of ether oxygens (including phenoxy) is 12.